The third-order valence-corrected chi connectivity index (χ3v) is 17.4. The molecule has 0 bridgehead atoms. The SMILES string of the molecule is CCC(C)[C@@H]([C@@H](CC(=O)N1CCC[C@H]1[C@H](OC)[C@@H](C)C(=O)NS(=O)(=O)c1ccc(NC(=O)[C@H](CCCNC(N)=O)NC(=O)[C@@H](NC(=O)CCOCCOCCOCCN2C(=O)C=CC2=O)C(C)C)cc1)OC)N(C)C(=O)[C@@H](NC(=O)[C@H](C(C)C)N(C)C)C(C)C. The van der Waals surface area contributed by atoms with Crippen molar-refractivity contribution in [1.29, 1.82) is 0 Å². The van der Waals surface area contributed by atoms with Crippen LogP contribution in [0, 0.1) is 29.6 Å². The minimum Gasteiger partial charge on any atom is -0.379 e. The molecule has 0 spiro atoms. The number of primary amides is 1. The third-order valence-electron chi connectivity index (χ3n) is 16.1. The summed E-state index contributed by atoms with van der Waals surface area (Å²) < 4.78 is 57.9. The number of nitrogens with zero attached hydrogens (tertiary/aromatic N) is 4. The molecule has 0 aliphatic carbocycles. The summed E-state index contributed by atoms with van der Waals surface area (Å²) in [4.78, 5) is 137. The van der Waals surface area contributed by atoms with Gasteiger partial charge in [0, 0.05) is 58.6 Å². The van der Waals surface area contributed by atoms with Gasteiger partial charge in [0.1, 0.15) is 18.1 Å². The van der Waals surface area contributed by atoms with E-state index >= 15 is 0 Å². The summed E-state index contributed by atoms with van der Waals surface area (Å²) in [5.74, 6) is -6.41. The molecule has 2 aliphatic rings. The number of hydrogen-bond acceptors (Lipinski definition) is 18. The molecule has 1 aromatic carbocycles. The van der Waals surface area contributed by atoms with Crippen molar-refractivity contribution >= 4 is 74.9 Å². The molecule has 1 fully saturated rings. The highest BCUT2D eigenvalue weighted by molar-refractivity contribution is 7.90. The quantitative estimate of drug-likeness (QED) is 0.0361. The van der Waals surface area contributed by atoms with Crippen LogP contribution in [0.4, 0.5) is 10.5 Å². The van der Waals surface area contributed by atoms with Crippen molar-refractivity contribution in [3.8, 4) is 0 Å². The smallest absolute Gasteiger partial charge is 0.312 e. The van der Waals surface area contributed by atoms with Crippen LogP contribution < -0.4 is 37.0 Å². The number of nitrogens with two attached hydrogens (primary N) is 1. The lowest BCUT2D eigenvalue weighted by Gasteiger charge is -2.41. The van der Waals surface area contributed by atoms with E-state index in [-0.39, 0.29) is 136 Å². The molecular weight excluding hydrogens is 1190 g/mol. The molecule has 0 saturated carbocycles. The number of carbonyl (C=O) groups is 10. The Hall–Kier alpha value is -6.63. The highest BCUT2D eigenvalue weighted by atomic mass is 32.2. The topological polar surface area (TPSA) is 362 Å². The molecule has 0 radical (unpaired) electrons. The second-order valence-corrected chi connectivity index (χ2v) is 25.7. The standard InChI is InChI=1S/C61H101N11O17S/c1-15-40(8)54(70(12)60(81)52(38(4)5)67-59(80)53(39(6)7)69(10)11)46(85-13)36-50(76)71-28-17-19-45(71)55(86-14)41(9)56(77)68-90(83,84)43-22-20-42(21-23-43)64-57(78)44(18-16-27-63-61(62)82)65-58(79)51(37(2)3)66-47(73)26-30-87-32-34-89-35-33-88-31-29-72-48(74)24-25-49(72)75/h20-25,37-41,44-46,51-55H,15-19,26-36H2,1-14H3,(H,64,78)(H,65,79)(H,66,73)(H,67,80)(H,68,77)(H3,62,63,82)/t40?,41-,44+,45+,46-,51+,52+,53+,54+,55-/m1/s1. The summed E-state index contributed by atoms with van der Waals surface area (Å²) in [6.07, 6.45) is 2.30. The van der Waals surface area contributed by atoms with E-state index in [0.717, 1.165) is 4.90 Å². The second kappa shape index (κ2) is 38.3. The Balaban J connectivity index is 1.64. The van der Waals surface area contributed by atoms with Gasteiger partial charge in [-0.3, -0.25) is 53.0 Å². The summed E-state index contributed by atoms with van der Waals surface area (Å²) in [7, 11) is 3.63. The van der Waals surface area contributed by atoms with Gasteiger partial charge < -0.3 is 65.8 Å². The van der Waals surface area contributed by atoms with E-state index < -0.39 is 100.0 Å². The Morgan fingerprint density at radius 2 is 1.31 bits per heavy atom. The van der Waals surface area contributed by atoms with Crippen LogP contribution in [0.3, 0.4) is 0 Å². The van der Waals surface area contributed by atoms with Crippen molar-refractivity contribution in [2.24, 2.45) is 35.3 Å². The fourth-order valence-corrected chi connectivity index (χ4v) is 12.0. The highest BCUT2D eigenvalue weighted by Gasteiger charge is 2.44. The van der Waals surface area contributed by atoms with Crippen LogP contribution in [0.2, 0.25) is 0 Å². The predicted molar refractivity (Wildman–Crippen MR) is 334 cm³/mol. The van der Waals surface area contributed by atoms with Crippen LogP contribution in [-0.4, -0.2) is 230 Å². The van der Waals surface area contributed by atoms with Crippen molar-refractivity contribution in [1.82, 2.24) is 45.6 Å². The van der Waals surface area contributed by atoms with E-state index in [1.165, 1.54) is 57.6 Å². The number of anilines is 1. The van der Waals surface area contributed by atoms with E-state index in [4.69, 9.17) is 29.4 Å². The zero-order valence-electron chi connectivity index (χ0n) is 55.0. The van der Waals surface area contributed by atoms with Gasteiger partial charge in [0.15, 0.2) is 0 Å². The van der Waals surface area contributed by atoms with Gasteiger partial charge in [-0.05, 0) is 87.7 Å². The number of likely N-dealkylation sites (tertiary alicyclic amines) is 1. The molecular formula is C61H101N11O17S. The van der Waals surface area contributed by atoms with E-state index in [9.17, 15) is 56.4 Å². The van der Waals surface area contributed by atoms with Crippen molar-refractivity contribution < 1.29 is 80.0 Å². The normalized spacial score (nSPS) is 17.3. The lowest BCUT2D eigenvalue weighted by molar-refractivity contribution is -0.148. The average Bonchev–Trinajstić information content (AvgIpc) is 1.72. The lowest BCUT2D eigenvalue weighted by Crippen LogP contribution is -2.59. The molecule has 2 heterocycles. The molecule has 1 unspecified atom stereocenters. The van der Waals surface area contributed by atoms with E-state index in [2.05, 4.69) is 31.3 Å². The van der Waals surface area contributed by atoms with Gasteiger partial charge in [0.05, 0.1) is 93.8 Å². The van der Waals surface area contributed by atoms with Crippen LogP contribution in [0.1, 0.15) is 107 Å². The number of imide groups is 1. The van der Waals surface area contributed by atoms with Gasteiger partial charge in [-0.15, -0.1) is 0 Å². The van der Waals surface area contributed by atoms with Crippen LogP contribution >= 0.6 is 0 Å². The van der Waals surface area contributed by atoms with Gasteiger partial charge >= 0.3 is 6.03 Å². The average molecular weight is 1290 g/mol. The van der Waals surface area contributed by atoms with Gasteiger partial charge in [0.2, 0.25) is 41.4 Å². The molecule has 8 N–H and O–H groups in total. The third kappa shape index (κ3) is 23.9. The number of ether oxygens (including phenoxy) is 5. The number of benzene rings is 1. The van der Waals surface area contributed by atoms with Crippen molar-refractivity contribution in [3.05, 3.63) is 36.4 Å². The van der Waals surface area contributed by atoms with E-state index in [1.54, 1.807) is 30.7 Å². The zero-order valence-corrected chi connectivity index (χ0v) is 55.8. The first-order valence-corrected chi connectivity index (χ1v) is 32.4. The number of methoxy groups -OCH3 is 2. The van der Waals surface area contributed by atoms with Gasteiger partial charge in [-0.2, -0.15) is 0 Å². The van der Waals surface area contributed by atoms with E-state index in [1.807, 2.05) is 60.5 Å². The minimum absolute atomic E-state index is 0.00784. The van der Waals surface area contributed by atoms with Gasteiger partial charge in [0.25, 0.3) is 21.8 Å². The van der Waals surface area contributed by atoms with Crippen molar-refractivity contribution in [2.45, 2.75) is 161 Å². The number of nitrogens with one attached hydrogen (secondary N) is 6. The van der Waals surface area contributed by atoms with Crippen molar-refractivity contribution in [2.75, 3.05) is 100.0 Å². The van der Waals surface area contributed by atoms with Crippen LogP contribution in [0.25, 0.3) is 0 Å². The van der Waals surface area contributed by atoms with Gasteiger partial charge in [-0.25, -0.2) is 17.9 Å². The largest absolute Gasteiger partial charge is 0.379 e. The number of sulfonamides is 1. The lowest BCUT2D eigenvalue weighted by atomic mass is 9.89. The summed E-state index contributed by atoms with van der Waals surface area (Å²) in [5.41, 5.74) is 5.35. The summed E-state index contributed by atoms with van der Waals surface area (Å²) >= 11 is 0. The fourth-order valence-electron chi connectivity index (χ4n) is 11.0. The summed E-state index contributed by atoms with van der Waals surface area (Å²) in [6, 6.07) is -0.698. The van der Waals surface area contributed by atoms with Crippen LogP contribution in [0.5, 0.6) is 0 Å². The number of urea groups is 1. The Morgan fingerprint density at radius 1 is 0.722 bits per heavy atom. The maximum atomic E-state index is 14.4. The molecule has 1 aromatic rings. The Kier molecular flexibility index (Phi) is 33.0. The molecule has 2 aliphatic heterocycles. The molecule has 29 heteroatoms. The Morgan fingerprint density at radius 3 is 1.84 bits per heavy atom. The van der Waals surface area contributed by atoms with Gasteiger partial charge in [-0.1, -0.05) is 68.7 Å². The molecule has 28 nitrogen and oxygen atoms in total. The minimum atomic E-state index is -4.53. The van der Waals surface area contributed by atoms with Crippen LogP contribution in [-0.2, 0) is 76.9 Å². The molecule has 90 heavy (non-hydrogen) atoms. The maximum Gasteiger partial charge on any atom is 0.312 e. The fraction of sp³-hybridized carbons (Fsp3) is 0.705. The number of likely N-dealkylation sites (N-methyl/N-ethyl adjacent to an activating group) is 2. The maximum absolute atomic E-state index is 14.4. The molecule has 10 atom stereocenters. The molecule has 11 amide bonds. The zero-order chi connectivity index (χ0) is 67.6. The summed E-state index contributed by atoms with van der Waals surface area (Å²) in [6.45, 7) is 18.0. The Labute approximate surface area is 530 Å². The van der Waals surface area contributed by atoms with Crippen LogP contribution in [0.15, 0.2) is 41.3 Å². The number of rotatable bonds is 41. The molecule has 508 valence electrons. The summed E-state index contributed by atoms with van der Waals surface area (Å²) in [5, 5.41) is 13.5. The predicted octanol–water partition coefficient (Wildman–Crippen LogP) is 1.52. The van der Waals surface area contributed by atoms with Crippen molar-refractivity contribution in [3.63, 3.8) is 0 Å². The number of amides is 11. The number of hydrogen-bond donors (Lipinski definition) is 7. The highest BCUT2D eigenvalue weighted by Crippen LogP contribution is 2.30. The molecule has 0 aromatic heterocycles. The first-order chi connectivity index (χ1) is 42.4. The second-order valence-electron chi connectivity index (χ2n) is 24.0. The Bertz CT molecular complexity index is 2670. The first-order valence-electron chi connectivity index (χ1n) is 30.9. The molecule has 1 saturated heterocycles. The van der Waals surface area contributed by atoms with E-state index in [0.29, 0.717) is 25.8 Å². The monoisotopic (exact) mass is 1290 g/mol. The number of carbonyl (C=O) groups excluding carboxylic acids is 10. The first kappa shape index (κ1) is 77.6. The molecule has 3 rings (SSSR count).